The minimum Gasteiger partial charge on any atom is -0.507 e. The maximum atomic E-state index is 10.8. The van der Waals surface area contributed by atoms with Crippen LogP contribution in [0.5, 0.6) is 11.5 Å². The molecule has 3 aromatic rings. The van der Waals surface area contributed by atoms with Crippen LogP contribution >= 0.6 is 0 Å². The molecule has 0 saturated carbocycles. The van der Waals surface area contributed by atoms with Crippen molar-refractivity contribution in [2.75, 3.05) is 6.61 Å². The Morgan fingerprint density at radius 3 is 1.70 bits per heavy atom. The molecule has 0 aliphatic heterocycles. The highest BCUT2D eigenvalue weighted by molar-refractivity contribution is 5.83. The maximum absolute atomic E-state index is 10.8. The predicted octanol–water partition coefficient (Wildman–Crippen LogP) is 5.52. The van der Waals surface area contributed by atoms with Gasteiger partial charge in [0.1, 0.15) is 11.5 Å². The molecular weight excluding hydrogens is 284 g/mol. The molecule has 0 radical (unpaired) electrons. The molecule has 3 rings (SSSR count). The number of ether oxygens (including phenoxy) is 1. The smallest absolute Gasteiger partial charge is 0.131 e. The molecule has 0 saturated heterocycles. The van der Waals surface area contributed by atoms with Gasteiger partial charge in [0.2, 0.25) is 0 Å². The van der Waals surface area contributed by atoms with E-state index in [4.69, 9.17) is 4.74 Å². The van der Waals surface area contributed by atoms with Crippen molar-refractivity contribution in [3.63, 3.8) is 0 Å². The quantitative estimate of drug-likeness (QED) is 0.673. The lowest BCUT2D eigenvalue weighted by molar-refractivity contribution is 0.317. The topological polar surface area (TPSA) is 29.5 Å². The van der Waals surface area contributed by atoms with Crippen LogP contribution < -0.4 is 4.74 Å². The number of phenolic OH excluding ortho intramolecular Hbond substituents is 1. The molecule has 0 unspecified atom stereocenters. The van der Waals surface area contributed by atoms with E-state index in [0.29, 0.717) is 6.61 Å². The van der Waals surface area contributed by atoms with E-state index in [1.165, 1.54) is 0 Å². The van der Waals surface area contributed by atoms with Gasteiger partial charge in [-0.25, -0.2) is 0 Å². The third-order valence-corrected chi connectivity index (χ3v) is 3.73. The van der Waals surface area contributed by atoms with Gasteiger partial charge in [0.15, 0.2) is 0 Å². The Hall–Kier alpha value is -2.74. The average Bonchev–Trinajstić information content (AvgIpc) is 2.62. The van der Waals surface area contributed by atoms with E-state index >= 15 is 0 Å². The molecular formula is C21H20O2. The van der Waals surface area contributed by atoms with Crippen LogP contribution in [0.2, 0.25) is 0 Å². The second-order valence-electron chi connectivity index (χ2n) is 5.45. The van der Waals surface area contributed by atoms with E-state index in [-0.39, 0.29) is 5.75 Å². The summed E-state index contributed by atoms with van der Waals surface area (Å²) in [6.45, 7) is 2.74. The first-order chi connectivity index (χ1) is 11.3. The molecule has 0 bridgehead atoms. The van der Waals surface area contributed by atoms with Gasteiger partial charge in [-0.2, -0.15) is 0 Å². The van der Waals surface area contributed by atoms with E-state index in [9.17, 15) is 5.11 Å². The lowest BCUT2D eigenvalue weighted by atomic mass is 9.97. The Kier molecular flexibility index (Phi) is 4.62. The zero-order valence-corrected chi connectivity index (χ0v) is 13.2. The van der Waals surface area contributed by atoms with Crippen LogP contribution in [0.25, 0.3) is 22.3 Å². The van der Waals surface area contributed by atoms with Gasteiger partial charge in [0, 0.05) is 11.1 Å². The van der Waals surface area contributed by atoms with Crippen molar-refractivity contribution in [3.8, 4) is 33.8 Å². The lowest BCUT2D eigenvalue weighted by Gasteiger charge is -2.14. The maximum Gasteiger partial charge on any atom is 0.131 e. The predicted molar refractivity (Wildman–Crippen MR) is 94.8 cm³/mol. The molecule has 2 nitrogen and oxygen atoms in total. The van der Waals surface area contributed by atoms with Gasteiger partial charge in [-0.3, -0.25) is 0 Å². The standard InChI is InChI=1S/C21H20O2/c1-2-13-23-18-14-19(16-9-5-3-6-10-16)21(22)20(15-18)17-11-7-4-8-12-17/h3-12,14-15,22H,2,13H2,1H3. The van der Waals surface area contributed by atoms with E-state index in [1.54, 1.807) is 0 Å². The van der Waals surface area contributed by atoms with Crippen molar-refractivity contribution in [1.82, 2.24) is 0 Å². The molecule has 116 valence electrons. The van der Waals surface area contributed by atoms with Crippen LogP contribution in [0, 0.1) is 0 Å². The molecule has 0 aromatic heterocycles. The van der Waals surface area contributed by atoms with Gasteiger partial charge in [-0.15, -0.1) is 0 Å². The summed E-state index contributed by atoms with van der Waals surface area (Å²) in [6.07, 6.45) is 0.947. The summed E-state index contributed by atoms with van der Waals surface area (Å²) in [5.41, 5.74) is 3.53. The van der Waals surface area contributed by atoms with Crippen molar-refractivity contribution < 1.29 is 9.84 Å². The average molecular weight is 304 g/mol. The largest absolute Gasteiger partial charge is 0.507 e. The van der Waals surface area contributed by atoms with Crippen LogP contribution in [0.4, 0.5) is 0 Å². The molecule has 0 amide bonds. The lowest BCUT2D eigenvalue weighted by Crippen LogP contribution is -1.96. The highest BCUT2D eigenvalue weighted by Gasteiger charge is 2.14. The van der Waals surface area contributed by atoms with Gasteiger partial charge in [-0.05, 0) is 29.7 Å². The molecule has 1 N–H and O–H groups in total. The second kappa shape index (κ2) is 7.01. The van der Waals surface area contributed by atoms with Crippen LogP contribution in [-0.2, 0) is 0 Å². The number of rotatable bonds is 5. The first-order valence-corrected chi connectivity index (χ1v) is 7.90. The van der Waals surface area contributed by atoms with Crippen molar-refractivity contribution >= 4 is 0 Å². The summed E-state index contributed by atoms with van der Waals surface area (Å²) in [7, 11) is 0. The zero-order valence-electron chi connectivity index (χ0n) is 13.2. The molecule has 0 fully saturated rings. The minimum atomic E-state index is 0.284. The molecule has 0 atom stereocenters. The Bertz CT molecular complexity index is 704. The van der Waals surface area contributed by atoms with Gasteiger partial charge < -0.3 is 9.84 Å². The number of phenols is 1. The van der Waals surface area contributed by atoms with Crippen LogP contribution in [0.3, 0.4) is 0 Å². The van der Waals surface area contributed by atoms with Crippen LogP contribution in [0.15, 0.2) is 72.8 Å². The molecule has 3 aromatic carbocycles. The normalized spacial score (nSPS) is 10.5. The molecule has 0 spiro atoms. The number of aromatic hydroxyl groups is 1. The van der Waals surface area contributed by atoms with E-state index in [1.807, 2.05) is 72.8 Å². The second-order valence-corrected chi connectivity index (χ2v) is 5.45. The minimum absolute atomic E-state index is 0.284. The summed E-state index contributed by atoms with van der Waals surface area (Å²) in [5.74, 6) is 1.06. The van der Waals surface area contributed by atoms with Crippen molar-refractivity contribution in [2.24, 2.45) is 0 Å². The van der Waals surface area contributed by atoms with Crippen LogP contribution in [0.1, 0.15) is 13.3 Å². The van der Waals surface area contributed by atoms with Crippen molar-refractivity contribution in [2.45, 2.75) is 13.3 Å². The Balaban J connectivity index is 2.15. The van der Waals surface area contributed by atoms with E-state index in [2.05, 4.69) is 6.92 Å². The first-order valence-electron chi connectivity index (χ1n) is 7.90. The summed E-state index contributed by atoms with van der Waals surface area (Å²) >= 11 is 0. The molecule has 2 heteroatoms. The highest BCUT2D eigenvalue weighted by atomic mass is 16.5. The fourth-order valence-corrected chi connectivity index (χ4v) is 2.59. The van der Waals surface area contributed by atoms with Crippen LogP contribution in [-0.4, -0.2) is 11.7 Å². The zero-order chi connectivity index (χ0) is 16.1. The van der Waals surface area contributed by atoms with E-state index < -0.39 is 0 Å². The third kappa shape index (κ3) is 3.37. The Morgan fingerprint density at radius 2 is 1.26 bits per heavy atom. The summed E-state index contributed by atoms with van der Waals surface area (Å²) in [6, 6.07) is 23.6. The first kappa shape index (κ1) is 15.2. The highest BCUT2D eigenvalue weighted by Crippen LogP contribution is 2.41. The summed E-state index contributed by atoms with van der Waals surface area (Å²) < 4.78 is 5.82. The summed E-state index contributed by atoms with van der Waals surface area (Å²) in [5, 5.41) is 10.8. The van der Waals surface area contributed by atoms with Gasteiger partial charge in [0.05, 0.1) is 6.61 Å². The molecule has 0 aliphatic rings. The third-order valence-electron chi connectivity index (χ3n) is 3.73. The summed E-state index contributed by atoms with van der Waals surface area (Å²) in [4.78, 5) is 0. The fraction of sp³-hybridized carbons (Fsp3) is 0.143. The van der Waals surface area contributed by atoms with Gasteiger partial charge >= 0.3 is 0 Å². The number of benzene rings is 3. The molecule has 0 aliphatic carbocycles. The molecule has 0 heterocycles. The van der Waals surface area contributed by atoms with Crippen molar-refractivity contribution in [1.29, 1.82) is 0 Å². The van der Waals surface area contributed by atoms with Crippen molar-refractivity contribution in [3.05, 3.63) is 72.8 Å². The van der Waals surface area contributed by atoms with E-state index in [0.717, 1.165) is 34.4 Å². The fourth-order valence-electron chi connectivity index (χ4n) is 2.59. The monoisotopic (exact) mass is 304 g/mol. The Morgan fingerprint density at radius 1 is 0.783 bits per heavy atom. The van der Waals surface area contributed by atoms with Gasteiger partial charge in [0.25, 0.3) is 0 Å². The SMILES string of the molecule is CCCOc1cc(-c2ccccc2)c(O)c(-c2ccccc2)c1. The van der Waals surface area contributed by atoms with Gasteiger partial charge in [-0.1, -0.05) is 67.6 Å². The Labute approximate surface area is 137 Å². The molecule has 23 heavy (non-hydrogen) atoms. The number of hydrogen-bond donors (Lipinski definition) is 1. The number of hydrogen-bond acceptors (Lipinski definition) is 2.